The molecule has 0 nitrogen and oxygen atoms in total. The van der Waals surface area contributed by atoms with E-state index in [1.54, 1.807) is 0 Å². The van der Waals surface area contributed by atoms with E-state index >= 15 is 0 Å². The van der Waals surface area contributed by atoms with Crippen LogP contribution in [0.5, 0.6) is 0 Å². The van der Waals surface area contributed by atoms with Crippen molar-refractivity contribution in [1.82, 2.24) is 0 Å². The number of hydrogen-bond acceptors (Lipinski definition) is 0. The maximum atomic E-state index is 3.23. The summed E-state index contributed by atoms with van der Waals surface area (Å²) in [5, 5.41) is 0.728. The van der Waals surface area contributed by atoms with Crippen molar-refractivity contribution in [2.45, 2.75) is 45.4 Å². The SMILES string of the molecule is CCCCCC#CCC#CCC#CCBr. The molecule has 0 fully saturated rings. The lowest BCUT2D eigenvalue weighted by Gasteiger charge is -1.87. The molecule has 0 bridgehead atoms. The maximum Gasteiger partial charge on any atom is 0.0703 e. The van der Waals surface area contributed by atoms with Crippen LogP contribution in [0.2, 0.25) is 0 Å². The third kappa shape index (κ3) is 13.2. The molecule has 0 heterocycles. The van der Waals surface area contributed by atoms with Crippen molar-refractivity contribution in [2.75, 3.05) is 5.33 Å². The molecule has 0 unspecified atom stereocenters. The van der Waals surface area contributed by atoms with Gasteiger partial charge >= 0.3 is 0 Å². The molecule has 0 saturated carbocycles. The summed E-state index contributed by atoms with van der Waals surface area (Å²) in [5.74, 6) is 18.0. The number of alkyl halides is 1. The minimum Gasteiger partial charge on any atom is -0.102 e. The fourth-order valence-electron chi connectivity index (χ4n) is 0.937. The Hall–Kier alpha value is -0.840. The van der Waals surface area contributed by atoms with Crippen LogP contribution < -0.4 is 0 Å². The van der Waals surface area contributed by atoms with Gasteiger partial charge in [0.15, 0.2) is 0 Å². The van der Waals surface area contributed by atoms with E-state index in [9.17, 15) is 0 Å². The molecule has 0 aliphatic rings. The van der Waals surface area contributed by atoms with Crippen molar-refractivity contribution in [3.63, 3.8) is 0 Å². The quantitative estimate of drug-likeness (QED) is 0.414. The van der Waals surface area contributed by atoms with Crippen molar-refractivity contribution < 1.29 is 0 Å². The highest BCUT2D eigenvalue weighted by Crippen LogP contribution is 1.96. The fourth-order valence-corrected chi connectivity index (χ4v) is 1.14. The van der Waals surface area contributed by atoms with Crippen molar-refractivity contribution in [1.29, 1.82) is 0 Å². The summed E-state index contributed by atoms with van der Waals surface area (Å²) in [5.41, 5.74) is 0. The summed E-state index contributed by atoms with van der Waals surface area (Å²) in [6.45, 7) is 2.20. The van der Waals surface area contributed by atoms with Crippen LogP contribution in [-0.2, 0) is 0 Å². The Morgan fingerprint density at radius 3 is 2.00 bits per heavy atom. The fraction of sp³-hybridized carbons (Fsp3) is 0.571. The molecule has 0 N–H and O–H groups in total. The number of rotatable bonds is 3. The highest BCUT2D eigenvalue weighted by Gasteiger charge is 1.79. The lowest BCUT2D eigenvalue weighted by atomic mass is 10.2. The van der Waals surface area contributed by atoms with Gasteiger partial charge in [-0.3, -0.25) is 0 Å². The molecular weight excluding hydrogens is 248 g/mol. The Morgan fingerprint density at radius 1 is 0.800 bits per heavy atom. The Bertz CT molecular complexity index is 308. The van der Waals surface area contributed by atoms with Crippen LogP contribution >= 0.6 is 15.9 Å². The lowest BCUT2D eigenvalue weighted by Crippen LogP contribution is -1.71. The van der Waals surface area contributed by atoms with Gasteiger partial charge in [-0.1, -0.05) is 65.3 Å². The molecule has 1 heteroatoms. The molecule has 0 aromatic carbocycles. The monoisotopic (exact) mass is 264 g/mol. The Kier molecular flexibility index (Phi) is 12.4. The van der Waals surface area contributed by atoms with E-state index in [2.05, 4.69) is 58.4 Å². The molecule has 0 spiro atoms. The van der Waals surface area contributed by atoms with Gasteiger partial charge in [-0.05, 0) is 6.42 Å². The zero-order valence-corrected chi connectivity index (χ0v) is 10.9. The molecule has 0 amide bonds. The molecule has 80 valence electrons. The van der Waals surface area contributed by atoms with Crippen molar-refractivity contribution in [2.24, 2.45) is 0 Å². The summed E-state index contributed by atoms with van der Waals surface area (Å²) < 4.78 is 0. The molecule has 0 atom stereocenters. The third-order valence-electron chi connectivity index (χ3n) is 1.70. The molecular formula is C14H17Br. The first-order valence-corrected chi connectivity index (χ1v) is 6.47. The first-order chi connectivity index (χ1) is 7.41. The minimum absolute atomic E-state index is 0.656. The van der Waals surface area contributed by atoms with Gasteiger partial charge in [-0.25, -0.2) is 0 Å². The summed E-state index contributed by atoms with van der Waals surface area (Å²) in [6.07, 6.45) is 6.11. The molecule has 15 heavy (non-hydrogen) atoms. The van der Waals surface area contributed by atoms with Crippen molar-refractivity contribution >= 4 is 15.9 Å². The first-order valence-electron chi connectivity index (χ1n) is 5.35. The van der Waals surface area contributed by atoms with Crippen LogP contribution in [0.1, 0.15) is 45.4 Å². The van der Waals surface area contributed by atoms with Gasteiger partial charge in [-0.2, -0.15) is 0 Å². The van der Waals surface area contributed by atoms with E-state index in [0.717, 1.165) is 11.8 Å². The zero-order valence-electron chi connectivity index (χ0n) is 9.33. The van der Waals surface area contributed by atoms with E-state index in [1.807, 2.05) is 0 Å². The van der Waals surface area contributed by atoms with E-state index in [-0.39, 0.29) is 0 Å². The first kappa shape index (κ1) is 14.2. The third-order valence-corrected chi connectivity index (χ3v) is 1.98. The van der Waals surface area contributed by atoms with Crippen LogP contribution in [0.3, 0.4) is 0 Å². The van der Waals surface area contributed by atoms with Crippen molar-refractivity contribution in [3.05, 3.63) is 0 Å². The Balaban J connectivity index is 3.42. The summed E-state index contributed by atoms with van der Waals surface area (Å²) in [6, 6.07) is 0. The standard InChI is InChI=1S/C14H17Br/c1-2-3-4-5-6-7-8-9-10-11-12-13-14-15/h2-5,8,11,14H2,1H3. The molecule has 0 radical (unpaired) electrons. The maximum absolute atomic E-state index is 3.23. The Morgan fingerprint density at radius 2 is 1.40 bits per heavy atom. The van der Waals surface area contributed by atoms with Crippen LogP contribution in [0.15, 0.2) is 0 Å². The highest BCUT2D eigenvalue weighted by molar-refractivity contribution is 9.09. The van der Waals surface area contributed by atoms with E-state index in [0.29, 0.717) is 12.8 Å². The predicted molar refractivity (Wildman–Crippen MR) is 70.5 cm³/mol. The zero-order chi connectivity index (χ0) is 11.2. The topological polar surface area (TPSA) is 0 Å². The number of unbranched alkanes of at least 4 members (excludes halogenated alkanes) is 3. The van der Waals surface area contributed by atoms with Gasteiger partial charge in [0.1, 0.15) is 0 Å². The number of hydrogen-bond donors (Lipinski definition) is 0. The second-order valence-electron chi connectivity index (χ2n) is 3.00. The molecule has 0 aliphatic carbocycles. The van der Waals surface area contributed by atoms with Gasteiger partial charge in [0.2, 0.25) is 0 Å². The molecule has 0 rings (SSSR count). The molecule has 0 aromatic heterocycles. The predicted octanol–water partition coefficient (Wildman–Crippen LogP) is 3.75. The lowest BCUT2D eigenvalue weighted by molar-refractivity contribution is 0.737. The van der Waals surface area contributed by atoms with Gasteiger partial charge < -0.3 is 0 Å². The average Bonchev–Trinajstić information content (AvgIpc) is 2.26. The summed E-state index contributed by atoms with van der Waals surface area (Å²) in [7, 11) is 0. The molecule has 0 aliphatic heterocycles. The highest BCUT2D eigenvalue weighted by atomic mass is 79.9. The van der Waals surface area contributed by atoms with Gasteiger partial charge in [0.25, 0.3) is 0 Å². The summed E-state index contributed by atoms with van der Waals surface area (Å²) >= 11 is 3.23. The second-order valence-corrected chi connectivity index (χ2v) is 3.57. The van der Waals surface area contributed by atoms with Crippen LogP contribution in [0, 0.1) is 35.5 Å². The van der Waals surface area contributed by atoms with Gasteiger partial charge in [-0.15, -0.1) is 5.92 Å². The smallest absolute Gasteiger partial charge is 0.0703 e. The molecule has 0 saturated heterocycles. The normalized spacial score (nSPS) is 7.60. The summed E-state index contributed by atoms with van der Waals surface area (Å²) in [4.78, 5) is 0. The second kappa shape index (κ2) is 13.2. The van der Waals surface area contributed by atoms with E-state index in [4.69, 9.17) is 0 Å². The van der Waals surface area contributed by atoms with Crippen LogP contribution in [0.25, 0.3) is 0 Å². The van der Waals surface area contributed by atoms with Crippen LogP contribution in [-0.4, -0.2) is 5.33 Å². The average molecular weight is 265 g/mol. The van der Waals surface area contributed by atoms with E-state index in [1.165, 1.54) is 19.3 Å². The number of halogens is 1. The van der Waals surface area contributed by atoms with E-state index < -0.39 is 0 Å². The minimum atomic E-state index is 0.656. The van der Waals surface area contributed by atoms with Gasteiger partial charge in [0, 0.05) is 6.42 Å². The van der Waals surface area contributed by atoms with Crippen LogP contribution in [0.4, 0.5) is 0 Å². The largest absolute Gasteiger partial charge is 0.102 e. The Labute approximate surface area is 102 Å². The molecule has 0 aromatic rings. The van der Waals surface area contributed by atoms with Gasteiger partial charge in [0.05, 0.1) is 18.2 Å². The van der Waals surface area contributed by atoms with Crippen molar-refractivity contribution in [3.8, 4) is 35.5 Å².